The van der Waals surface area contributed by atoms with Gasteiger partial charge in [-0.1, -0.05) is 0 Å². The van der Waals surface area contributed by atoms with Crippen LogP contribution in [-0.2, 0) is 19.2 Å². The lowest BCUT2D eigenvalue weighted by Gasteiger charge is -2.45. The first-order valence-electron chi connectivity index (χ1n) is 7.61. The van der Waals surface area contributed by atoms with Gasteiger partial charge in [-0.2, -0.15) is 0 Å². The highest BCUT2D eigenvalue weighted by Crippen LogP contribution is 2.48. The maximum Gasteiger partial charge on any atom is 0.253 e. The summed E-state index contributed by atoms with van der Waals surface area (Å²) in [6.07, 6.45) is 4.28. The second-order valence-electron chi connectivity index (χ2n) is 6.19. The van der Waals surface area contributed by atoms with Crippen LogP contribution in [0.25, 0.3) is 0 Å². The number of amides is 4. The molecule has 2 rings (SSSR count). The SMILES string of the molecule is CN(CCC1CCC1(C(N)=O)C(N)=O)CCN1C(=O)C=CC1=O. The predicted molar refractivity (Wildman–Crippen MR) is 81.5 cm³/mol. The molecule has 0 aromatic rings. The van der Waals surface area contributed by atoms with Crippen molar-refractivity contribution >= 4 is 23.6 Å². The lowest BCUT2D eigenvalue weighted by molar-refractivity contribution is -0.152. The van der Waals surface area contributed by atoms with Crippen molar-refractivity contribution in [1.29, 1.82) is 0 Å². The number of carbonyl (C=O) groups is 4. The fourth-order valence-electron chi connectivity index (χ4n) is 3.21. The van der Waals surface area contributed by atoms with Crippen molar-refractivity contribution in [3.8, 4) is 0 Å². The number of nitrogens with zero attached hydrogens (tertiary/aromatic N) is 2. The van der Waals surface area contributed by atoms with Gasteiger partial charge in [0.25, 0.3) is 11.8 Å². The minimum Gasteiger partial charge on any atom is -0.369 e. The molecule has 0 spiro atoms. The Kier molecular flexibility index (Phi) is 4.84. The number of primary amides is 2. The van der Waals surface area contributed by atoms with Gasteiger partial charge in [0.15, 0.2) is 0 Å². The van der Waals surface area contributed by atoms with E-state index in [0.29, 0.717) is 32.5 Å². The molecule has 1 heterocycles. The van der Waals surface area contributed by atoms with Crippen LogP contribution in [0.4, 0.5) is 0 Å². The van der Waals surface area contributed by atoms with Crippen molar-refractivity contribution in [3.63, 3.8) is 0 Å². The summed E-state index contributed by atoms with van der Waals surface area (Å²) in [6, 6.07) is 0. The van der Waals surface area contributed by atoms with E-state index < -0.39 is 17.2 Å². The van der Waals surface area contributed by atoms with Crippen molar-refractivity contribution in [2.24, 2.45) is 22.8 Å². The monoisotopic (exact) mass is 322 g/mol. The molecule has 1 fully saturated rings. The Morgan fingerprint density at radius 2 is 1.78 bits per heavy atom. The predicted octanol–water partition coefficient (Wildman–Crippen LogP) is -1.40. The van der Waals surface area contributed by atoms with Crippen LogP contribution in [0.2, 0.25) is 0 Å². The Hall–Kier alpha value is -2.22. The van der Waals surface area contributed by atoms with E-state index in [2.05, 4.69) is 0 Å². The van der Waals surface area contributed by atoms with Gasteiger partial charge in [0.2, 0.25) is 11.8 Å². The number of hydrogen-bond acceptors (Lipinski definition) is 5. The third-order valence-electron chi connectivity index (χ3n) is 4.93. The second-order valence-corrected chi connectivity index (χ2v) is 6.19. The van der Waals surface area contributed by atoms with Gasteiger partial charge < -0.3 is 16.4 Å². The van der Waals surface area contributed by atoms with Gasteiger partial charge in [-0.05, 0) is 38.8 Å². The second kappa shape index (κ2) is 6.49. The lowest BCUT2D eigenvalue weighted by atomic mass is 9.58. The fourth-order valence-corrected chi connectivity index (χ4v) is 3.21. The van der Waals surface area contributed by atoms with E-state index in [0.717, 1.165) is 6.42 Å². The first-order chi connectivity index (χ1) is 10.8. The van der Waals surface area contributed by atoms with Gasteiger partial charge in [-0.25, -0.2) is 0 Å². The number of likely N-dealkylation sites (N-methyl/N-ethyl adjacent to an activating group) is 1. The highest BCUT2D eigenvalue weighted by Gasteiger charge is 2.55. The molecule has 1 saturated carbocycles. The summed E-state index contributed by atoms with van der Waals surface area (Å²) in [5, 5.41) is 0. The molecule has 0 aromatic carbocycles. The molecule has 0 aromatic heterocycles. The summed E-state index contributed by atoms with van der Waals surface area (Å²) in [5.74, 6) is -2.05. The van der Waals surface area contributed by atoms with Crippen molar-refractivity contribution in [2.75, 3.05) is 26.7 Å². The molecule has 8 nitrogen and oxygen atoms in total. The van der Waals surface area contributed by atoms with E-state index in [4.69, 9.17) is 11.5 Å². The number of nitrogens with two attached hydrogens (primary N) is 2. The van der Waals surface area contributed by atoms with Gasteiger partial charge in [0.1, 0.15) is 5.41 Å². The Labute approximate surface area is 134 Å². The third kappa shape index (κ3) is 3.12. The van der Waals surface area contributed by atoms with Crippen LogP contribution >= 0.6 is 0 Å². The number of imide groups is 1. The van der Waals surface area contributed by atoms with E-state index in [1.165, 1.54) is 17.1 Å². The fraction of sp³-hybridized carbons (Fsp3) is 0.600. The zero-order chi connectivity index (χ0) is 17.2. The van der Waals surface area contributed by atoms with E-state index in [1.807, 2.05) is 11.9 Å². The molecule has 4 N–H and O–H groups in total. The van der Waals surface area contributed by atoms with Crippen molar-refractivity contribution < 1.29 is 19.2 Å². The van der Waals surface area contributed by atoms with E-state index in [9.17, 15) is 19.2 Å². The van der Waals surface area contributed by atoms with E-state index >= 15 is 0 Å². The summed E-state index contributed by atoms with van der Waals surface area (Å²) in [5.41, 5.74) is 9.50. The average Bonchev–Trinajstić information content (AvgIpc) is 2.74. The van der Waals surface area contributed by atoms with Crippen LogP contribution in [-0.4, -0.2) is 60.1 Å². The molecule has 126 valence electrons. The molecule has 0 saturated heterocycles. The first-order valence-corrected chi connectivity index (χ1v) is 7.61. The molecule has 1 atom stereocenters. The molecule has 1 aliphatic heterocycles. The molecule has 0 bridgehead atoms. The number of carbonyl (C=O) groups excluding carboxylic acids is 4. The van der Waals surface area contributed by atoms with E-state index in [1.54, 1.807) is 0 Å². The Morgan fingerprint density at radius 1 is 1.22 bits per heavy atom. The molecule has 1 unspecified atom stereocenters. The smallest absolute Gasteiger partial charge is 0.253 e. The largest absolute Gasteiger partial charge is 0.369 e. The highest BCUT2D eigenvalue weighted by atomic mass is 16.2. The number of hydrogen-bond donors (Lipinski definition) is 2. The minimum atomic E-state index is -1.22. The van der Waals surface area contributed by atoms with Crippen LogP contribution in [0.15, 0.2) is 12.2 Å². The molecule has 1 aliphatic carbocycles. The molecule has 4 amide bonds. The molecule has 23 heavy (non-hydrogen) atoms. The summed E-state index contributed by atoms with van der Waals surface area (Å²) in [4.78, 5) is 49.2. The summed E-state index contributed by atoms with van der Waals surface area (Å²) in [7, 11) is 1.85. The minimum absolute atomic E-state index is 0.142. The Bertz CT molecular complexity index is 540. The molecular weight excluding hydrogens is 300 g/mol. The molecule has 0 radical (unpaired) electrons. The molecule has 8 heteroatoms. The molecule has 2 aliphatic rings. The summed E-state index contributed by atoms with van der Waals surface area (Å²) < 4.78 is 0. The van der Waals surface area contributed by atoms with Crippen LogP contribution in [0.3, 0.4) is 0 Å². The first kappa shape index (κ1) is 17.1. The van der Waals surface area contributed by atoms with Gasteiger partial charge in [0.05, 0.1) is 0 Å². The van der Waals surface area contributed by atoms with Crippen LogP contribution in [0, 0.1) is 11.3 Å². The highest BCUT2D eigenvalue weighted by molar-refractivity contribution is 6.12. The van der Waals surface area contributed by atoms with Crippen molar-refractivity contribution in [1.82, 2.24) is 9.80 Å². The van der Waals surface area contributed by atoms with Crippen LogP contribution < -0.4 is 11.5 Å². The van der Waals surface area contributed by atoms with Crippen molar-refractivity contribution in [3.05, 3.63) is 12.2 Å². The Morgan fingerprint density at radius 3 is 2.22 bits per heavy atom. The molecular formula is C15H22N4O4. The maximum absolute atomic E-state index is 11.6. The third-order valence-corrected chi connectivity index (χ3v) is 4.93. The normalized spacial score (nSPS) is 22.5. The van der Waals surface area contributed by atoms with E-state index in [-0.39, 0.29) is 17.7 Å². The van der Waals surface area contributed by atoms with Gasteiger partial charge >= 0.3 is 0 Å². The lowest BCUT2D eigenvalue weighted by Crippen LogP contribution is -2.58. The zero-order valence-electron chi connectivity index (χ0n) is 13.2. The number of rotatable bonds is 8. The Balaban J connectivity index is 1.80. The maximum atomic E-state index is 11.6. The van der Waals surface area contributed by atoms with Gasteiger partial charge in [0, 0.05) is 25.2 Å². The van der Waals surface area contributed by atoms with Gasteiger partial charge in [-0.3, -0.25) is 24.1 Å². The summed E-state index contributed by atoms with van der Waals surface area (Å²) in [6.45, 7) is 1.45. The summed E-state index contributed by atoms with van der Waals surface area (Å²) >= 11 is 0. The van der Waals surface area contributed by atoms with Crippen LogP contribution in [0.5, 0.6) is 0 Å². The zero-order valence-corrected chi connectivity index (χ0v) is 13.2. The topological polar surface area (TPSA) is 127 Å². The van der Waals surface area contributed by atoms with Crippen molar-refractivity contribution in [2.45, 2.75) is 19.3 Å². The quantitative estimate of drug-likeness (QED) is 0.420. The standard InChI is InChI=1S/C15H22N4O4/c1-18(8-9-19-11(20)2-3-12(19)21)7-5-10-4-6-15(10,13(16)22)14(17)23/h2-3,10H,4-9H2,1H3,(H2,16,22)(H2,17,23). The van der Waals surface area contributed by atoms with Crippen LogP contribution in [0.1, 0.15) is 19.3 Å². The van der Waals surface area contributed by atoms with Gasteiger partial charge in [-0.15, -0.1) is 0 Å². The average molecular weight is 322 g/mol.